The molecule has 0 spiro atoms. The molecular formula is C15H14F2N2O2. The van der Waals surface area contributed by atoms with E-state index in [1.807, 2.05) is 0 Å². The van der Waals surface area contributed by atoms with Gasteiger partial charge in [-0.25, -0.2) is 8.78 Å². The van der Waals surface area contributed by atoms with Gasteiger partial charge < -0.3 is 15.4 Å². The van der Waals surface area contributed by atoms with Crippen LogP contribution in [-0.4, -0.2) is 19.6 Å². The highest BCUT2D eigenvalue weighted by molar-refractivity contribution is 5.95. The Morgan fingerprint density at radius 1 is 1.14 bits per heavy atom. The van der Waals surface area contributed by atoms with Crippen LogP contribution in [0.5, 0.6) is 5.75 Å². The Kier molecular flexibility index (Phi) is 4.71. The van der Waals surface area contributed by atoms with Gasteiger partial charge in [-0.2, -0.15) is 0 Å². The molecule has 2 N–H and O–H groups in total. The summed E-state index contributed by atoms with van der Waals surface area (Å²) in [5.74, 6) is -1.69. The number of hydrogen-bond acceptors (Lipinski definition) is 3. The van der Waals surface area contributed by atoms with E-state index in [9.17, 15) is 13.6 Å². The third kappa shape index (κ3) is 3.92. The van der Waals surface area contributed by atoms with Crippen LogP contribution in [0, 0.1) is 11.6 Å². The first-order valence-electron chi connectivity index (χ1n) is 6.22. The van der Waals surface area contributed by atoms with Gasteiger partial charge in [0.15, 0.2) is 11.6 Å². The minimum atomic E-state index is -0.967. The number of anilines is 2. The largest absolute Gasteiger partial charge is 0.495 e. The highest BCUT2D eigenvalue weighted by atomic mass is 19.2. The summed E-state index contributed by atoms with van der Waals surface area (Å²) in [6, 6.07) is 10.3. The Morgan fingerprint density at radius 3 is 2.62 bits per heavy atom. The summed E-state index contributed by atoms with van der Waals surface area (Å²) in [6.45, 7) is -0.0802. The number of rotatable bonds is 5. The Hall–Kier alpha value is -2.63. The van der Waals surface area contributed by atoms with Gasteiger partial charge in [0.1, 0.15) is 5.75 Å². The number of halogens is 2. The van der Waals surface area contributed by atoms with Gasteiger partial charge in [-0.1, -0.05) is 12.1 Å². The summed E-state index contributed by atoms with van der Waals surface area (Å²) < 4.78 is 30.9. The zero-order chi connectivity index (χ0) is 15.2. The molecule has 110 valence electrons. The van der Waals surface area contributed by atoms with Crippen LogP contribution < -0.4 is 15.4 Å². The molecule has 0 saturated carbocycles. The Labute approximate surface area is 120 Å². The van der Waals surface area contributed by atoms with Gasteiger partial charge in [-0.05, 0) is 24.3 Å². The van der Waals surface area contributed by atoms with Crippen molar-refractivity contribution in [2.24, 2.45) is 0 Å². The third-order valence-electron chi connectivity index (χ3n) is 2.75. The molecule has 2 rings (SSSR count). The van der Waals surface area contributed by atoms with E-state index < -0.39 is 11.6 Å². The van der Waals surface area contributed by atoms with Crippen LogP contribution in [0.15, 0.2) is 42.5 Å². The number of carbonyl (C=O) groups excluding carboxylic acids is 1. The smallest absolute Gasteiger partial charge is 0.243 e. The summed E-state index contributed by atoms with van der Waals surface area (Å²) in [4.78, 5) is 11.8. The molecule has 0 aliphatic heterocycles. The van der Waals surface area contributed by atoms with Crippen molar-refractivity contribution in [1.82, 2.24) is 0 Å². The Balaban J connectivity index is 1.94. The summed E-state index contributed by atoms with van der Waals surface area (Å²) in [5.41, 5.74) is 0.862. The van der Waals surface area contributed by atoms with Crippen molar-refractivity contribution >= 4 is 17.3 Å². The van der Waals surface area contributed by atoms with E-state index >= 15 is 0 Å². The maximum absolute atomic E-state index is 13.0. The van der Waals surface area contributed by atoms with Crippen molar-refractivity contribution in [3.8, 4) is 5.75 Å². The lowest BCUT2D eigenvalue weighted by atomic mass is 10.3. The molecule has 4 nitrogen and oxygen atoms in total. The Bertz CT molecular complexity index is 647. The van der Waals surface area contributed by atoms with Gasteiger partial charge in [0.05, 0.1) is 19.3 Å². The van der Waals surface area contributed by atoms with E-state index in [0.29, 0.717) is 17.1 Å². The van der Waals surface area contributed by atoms with Crippen molar-refractivity contribution in [3.63, 3.8) is 0 Å². The average molecular weight is 292 g/mol. The fourth-order valence-electron chi connectivity index (χ4n) is 1.73. The highest BCUT2D eigenvalue weighted by Gasteiger charge is 2.07. The molecule has 2 aromatic rings. The fraction of sp³-hybridized carbons (Fsp3) is 0.133. The van der Waals surface area contributed by atoms with Crippen molar-refractivity contribution in [2.75, 3.05) is 24.3 Å². The van der Waals surface area contributed by atoms with E-state index in [2.05, 4.69) is 10.6 Å². The van der Waals surface area contributed by atoms with Crippen LogP contribution in [0.3, 0.4) is 0 Å². The molecule has 1 amide bonds. The quantitative estimate of drug-likeness (QED) is 0.890. The molecular weight excluding hydrogens is 278 g/mol. The molecule has 0 aliphatic carbocycles. The van der Waals surface area contributed by atoms with Gasteiger partial charge >= 0.3 is 0 Å². The molecule has 0 atom stereocenters. The van der Waals surface area contributed by atoms with Crippen molar-refractivity contribution in [3.05, 3.63) is 54.1 Å². The third-order valence-corrected chi connectivity index (χ3v) is 2.75. The van der Waals surface area contributed by atoms with E-state index in [4.69, 9.17) is 4.74 Å². The normalized spacial score (nSPS) is 10.0. The Morgan fingerprint density at radius 2 is 1.90 bits per heavy atom. The topological polar surface area (TPSA) is 50.4 Å². The van der Waals surface area contributed by atoms with Gasteiger partial charge in [-0.15, -0.1) is 0 Å². The van der Waals surface area contributed by atoms with E-state index in [-0.39, 0.29) is 12.5 Å². The lowest BCUT2D eigenvalue weighted by Crippen LogP contribution is -2.22. The van der Waals surface area contributed by atoms with E-state index in [1.165, 1.54) is 13.2 Å². The molecule has 21 heavy (non-hydrogen) atoms. The first kappa shape index (κ1) is 14.8. The fourth-order valence-corrected chi connectivity index (χ4v) is 1.73. The predicted octanol–water partition coefficient (Wildman–Crippen LogP) is 3.02. The summed E-state index contributed by atoms with van der Waals surface area (Å²) in [5, 5.41) is 5.37. The average Bonchev–Trinajstić information content (AvgIpc) is 2.49. The molecule has 6 heteroatoms. The monoisotopic (exact) mass is 292 g/mol. The number of ether oxygens (including phenoxy) is 1. The van der Waals surface area contributed by atoms with Crippen molar-refractivity contribution in [1.29, 1.82) is 0 Å². The highest BCUT2D eigenvalue weighted by Crippen LogP contribution is 2.22. The minimum Gasteiger partial charge on any atom is -0.495 e. The SMILES string of the molecule is COc1ccccc1NC(=O)CNc1ccc(F)c(F)c1. The van der Waals surface area contributed by atoms with Crippen LogP contribution in [-0.2, 0) is 4.79 Å². The molecule has 0 aromatic heterocycles. The lowest BCUT2D eigenvalue weighted by molar-refractivity contribution is -0.114. The number of nitrogens with one attached hydrogen (secondary N) is 2. The van der Waals surface area contributed by atoms with Gasteiger partial charge in [0.25, 0.3) is 0 Å². The molecule has 0 radical (unpaired) electrons. The van der Waals surface area contributed by atoms with Gasteiger partial charge in [-0.3, -0.25) is 4.79 Å². The summed E-state index contributed by atoms with van der Waals surface area (Å²) in [7, 11) is 1.50. The first-order chi connectivity index (χ1) is 10.1. The van der Waals surface area contributed by atoms with Crippen LogP contribution in [0.25, 0.3) is 0 Å². The molecule has 0 unspecified atom stereocenters. The number of amides is 1. The van der Waals surface area contributed by atoms with E-state index in [0.717, 1.165) is 12.1 Å². The molecule has 0 saturated heterocycles. The lowest BCUT2D eigenvalue weighted by Gasteiger charge is -2.11. The number of methoxy groups -OCH3 is 1. The molecule has 0 fully saturated rings. The number of carbonyl (C=O) groups is 1. The second-order valence-electron chi connectivity index (χ2n) is 4.23. The predicted molar refractivity (Wildman–Crippen MR) is 76.5 cm³/mol. The van der Waals surface area contributed by atoms with Crippen LogP contribution >= 0.6 is 0 Å². The van der Waals surface area contributed by atoms with Gasteiger partial charge in [0, 0.05) is 11.8 Å². The molecule has 0 heterocycles. The molecule has 0 aliphatic rings. The van der Waals surface area contributed by atoms with Crippen molar-refractivity contribution in [2.45, 2.75) is 0 Å². The maximum atomic E-state index is 13.0. The zero-order valence-corrected chi connectivity index (χ0v) is 11.3. The molecule has 0 bridgehead atoms. The van der Waals surface area contributed by atoms with E-state index in [1.54, 1.807) is 24.3 Å². The summed E-state index contributed by atoms with van der Waals surface area (Å²) in [6.07, 6.45) is 0. The van der Waals surface area contributed by atoms with Crippen LogP contribution in [0.1, 0.15) is 0 Å². The number of para-hydroxylation sites is 2. The number of hydrogen-bond donors (Lipinski definition) is 2. The minimum absolute atomic E-state index is 0.0802. The van der Waals surface area contributed by atoms with Crippen molar-refractivity contribution < 1.29 is 18.3 Å². The second-order valence-corrected chi connectivity index (χ2v) is 4.23. The molecule has 2 aromatic carbocycles. The maximum Gasteiger partial charge on any atom is 0.243 e. The standard InChI is InChI=1S/C15H14F2N2O2/c1-21-14-5-3-2-4-13(14)19-15(20)9-18-10-6-7-11(16)12(17)8-10/h2-8,18H,9H2,1H3,(H,19,20). The zero-order valence-electron chi connectivity index (χ0n) is 11.3. The van der Waals surface area contributed by atoms with Crippen LogP contribution in [0.4, 0.5) is 20.2 Å². The first-order valence-corrected chi connectivity index (χ1v) is 6.22. The van der Waals surface area contributed by atoms with Gasteiger partial charge in [0.2, 0.25) is 5.91 Å². The summed E-state index contributed by atoms with van der Waals surface area (Å²) >= 11 is 0. The number of benzene rings is 2. The second kappa shape index (κ2) is 6.69. The van der Waals surface area contributed by atoms with Crippen LogP contribution in [0.2, 0.25) is 0 Å².